The highest BCUT2D eigenvalue weighted by atomic mass is 31.2. The summed E-state index contributed by atoms with van der Waals surface area (Å²) in [4.78, 5) is 12.6. The molecule has 1 N–H and O–H groups in total. The number of phosphoric acid groups is 1. The third-order valence-electron chi connectivity index (χ3n) is 6.67. The number of phosphoric ester groups is 1. The third-order valence-corrected chi connectivity index (χ3v) is 8.01. The first-order valence-electron chi connectivity index (χ1n) is 12.6. The van der Waals surface area contributed by atoms with Gasteiger partial charge >= 0.3 is 13.8 Å². The highest BCUT2D eigenvalue weighted by Crippen LogP contribution is 2.50. The molecule has 1 fully saturated rings. The fourth-order valence-corrected chi connectivity index (χ4v) is 5.72. The minimum absolute atomic E-state index is 0.0279. The second-order valence-electron chi connectivity index (χ2n) is 9.47. The Bertz CT molecular complexity index is 1160. The Labute approximate surface area is 223 Å². The van der Waals surface area contributed by atoms with E-state index in [4.69, 9.17) is 23.0 Å². The van der Waals surface area contributed by atoms with E-state index in [0.717, 1.165) is 0 Å². The fraction of sp³-hybridized carbons (Fsp3) is 0.345. The molecule has 3 unspecified atom stereocenters. The molecule has 38 heavy (non-hydrogen) atoms. The predicted molar refractivity (Wildman–Crippen MR) is 142 cm³/mol. The molecule has 1 aliphatic rings. The van der Waals surface area contributed by atoms with Crippen LogP contribution in [-0.2, 0) is 18.6 Å². The minimum Gasteiger partial charge on any atom is -0.453 e. The molecule has 202 valence electrons. The quantitative estimate of drug-likeness (QED) is 0.243. The molecule has 1 saturated heterocycles. The van der Waals surface area contributed by atoms with E-state index in [1.54, 1.807) is 72.8 Å². The molecule has 0 amide bonds. The summed E-state index contributed by atoms with van der Waals surface area (Å²) in [6.07, 6.45) is -2.63. The molecule has 9 heteroatoms. The highest BCUT2D eigenvalue weighted by Gasteiger charge is 2.45. The van der Waals surface area contributed by atoms with Crippen LogP contribution in [0.4, 0.5) is 0 Å². The van der Waals surface area contributed by atoms with Crippen molar-refractivity contribution < 1.29 is 37.5 Å². The van der Waals surface area contributed by atoms with Crippen LogP contribution >= 0.6 is 7.82 Å². The molecule has 8 nitrogen and oxygen atoms in total. The number of aliphatic hydroxyl groups is 1. The molecule has 3 aromatic rings. The van der Waals surface area contributed by atoms with E-state index in [1.807, 2.05) is 39.0 Å². The van der Waals surface area contributed by atoms with Crippen molar-refractivity contribution in [3.63, 3.8) is 0 Å². The zero-order chi connectivity index (χ0) is 27.1. The smallest absolute Gasteiger partial charge is 0.453 e. The molecule has 0 bridgehead atoms. The maximum atomic E-state index is 13.6. The fourth-order valence-electron chi connectivity index (χ4n) is 4.40. The Morgan fingerprint density at radius 2 is 1.37 bits per heavy atom. The van der Waals surface area contributed by atoms with Gasteiger partial charge in [0.05, 0.1) is 18.3 Å². The SMILES string of the molecule is C[C@H](COP(=O)(Oc1ccccc1)Oc1ccccc1)C1OC(O)C(OC(=O)c2ccccc2)[C@@H](C)[C@@H]1C. The second-order valence-corrected chi connectivity index (χ2v) is 11.0. The van der Waals surface area contributed by atoms with Crippen molar-refractivity contribution in [2.24, 2.45) is 17.8 Å². The molecule has 0 saturated carbocycles. The van der Waals surface area contributed by atoms with Crippen molar-refractivity contribution in [3.05, 3.63) is 96.6 Å². The maximum absolute atomic E-state index is 13.6. The number of aliphatic hydroxyl groups excluding tert-OH is 1. The Hall–Kier alpha value is -3.16. The molecule has 0 radical (unpaired) electrons. The number of hydrogen-bond donors (Lipinski definition) is 1. The first-order valence-corrected chi connectivity index (χ1v) is 14.1. The molecule has 0 spiro atoms. The predicted octanol–water partition coefficient (Wildman–Crippen LogP) is 6.12. The lowest BCUT2D eigenvalue weighted by molar-refractivity contribution is -0.260. The number of ether oxygens (including phenoxy) is 2. The number of benzene rings is 3. The average Bonchev–Trinajstić information content (AvgIpc) is 2.93. The van der Waals surface area contributed by atoms with Crippen LogP contribution in [0.5, 0.6) is 11.5 Å². The standard InChI is InChI=1S/C29H33O8P/c1-20(19-33-38(32,36-24-15-9-5-10-16-24)37-25-17-11-6-12-18-25)26-21(2)22(3)27(29(31)34-26)35-28(30)23-13-7-4-8-14-23/h4-18,20-22,26-27,29,31H,19H2,1-3H3/t20-,21+,22+,26?,27?,29?/m1/s1. The van der Waals surface area contributed by atoms with Gasteiger partial charge in [0, 0.05) is 11.8 Å². The van der Waals surface area contributed by atoms with Crippen LogP contribution in [0, 0.1) is 17.8 Å². The molecular formula is C29H33O8P. The summed E-state index contributed by atoms with van der Waals surface area (Å²) in [6.45, 7) is 5.70. The summed E-state index contributed by atoms with van der Waals surface area (Å²) in [5.41, 5.74) is 0.399. The van der Waals surface area contributed by atoms with Crippen molar-refractivity contribution in [1.82, 2.24) is 0 Å². The molecule has 3 aromatic carbocycles. The van der Waals surface area contributed by atoms with Gasteiger partial charge in [-0.1, -0.05) is 75.4 Å². The van der Waals surface area contributed by atoms with Gasteiger partial charge in [-0.25, -0.2) is 9.36 Å². The second kappa shape index (κ2) is 12.6. The lowest BCUT2D eigenvalue weighted by atomic mass is 9.79. The first kappa shape index (κ1) is 27.9. The molecule has 6 atom stereocenters. The normalized spacial score (nSPS) is 24.3. The molecule has 4 rings (SSSR count). The van der Waals surface area contributed by atoms with Crippen molar-refractivity contribution in [2.45, 2.75) is 39.3 Å². The van der Waals surface area contributed by atoms with Gasteiger partial charge in [0.2, 0.25) is 0 Å². The summed E-state index contributed by atoms with van der Waals surface area (Å²) in [5.74, 6) is -0.478. The molecule has 0 aliphatic carbocycles. The summed E-state index contributed by atoms with van der Waals surface area (Å²) in [5, 5.41) is 10.7. The molecule has 1 heterocycles. The third kappa shape index (κ3) is 7.03. The van der Waals surface area contributed by atoms with E-state index in [2.05, 4.69) is 0 Å². The van der Waals surface area contributed by atoms with E-state index in [-0.39, 0.29) is 24.4 Å². The van der Waals surface area contributed by atoms with Crippen LogP contribution in [-0.4, -0.2) is 36.2 Å². The van der Waals surface area contributed by atoms with Crippen LogP contribution in [0.2, 0.25) is 0 Å². The van der Waals surface area contributed by atoms with Gasteiger partial charge in [-0.2, -0.15) is 0 Å². The van der Waals surface area contributed by atoms with Crippen molar-refractivity contribution in [3.8, 4) is 11.5 Å². The highest BCUT2D eigenvalue weighted by molar-refractivity contribution is 7.49. The number of hydrogen-bond acceptors (Lipinski definition) is 8. The minimum atomic E-state index is -4.07. The van der Waals surface area contributed by atoms with E-state index >= 15 is 0 Å². The van der Waals surface area contributed by atoms with Crippen LogP contribution in [0.15, 0.2) is 91.0 Å². The number of carbonyl (C=O) groups is 1. The Morgan fingerprint density at radius 1 is 0.868 bits per heavy atom. The first-order chi connectivity index (χ1) is 18.3. The van der Waals surface area contributed by atoms with Gasteiger partial charge in [0.15, 0.2) is 12.4 Å². The van der Waals surface area contributed by atoms with Crippen molar-refractivity contribution in [1.29, 1.82) is 0 Å². The Morgan fingerprint density at radius 3 is 1.89 bits per heavy atom. The molecule has 1 aliphatic heterocycles. The van der Waals surface area contributed by atoms with Crippen molar-refractivity contribution in [2.75, 3.05) is 6.61 Å². The van der Waals surface area contributed by atoms with Crippen LogP contribution in [0.3, 0.4) is 0 Å². The largest absolute Gasteiger partial charge is 0.587 e. The van der Waals surface area contributed by atoms with Gasteiger partial charge in [0.25, 0.3) is 0 Å². The van der Waals surface area contributed by atoms with Crippen LogP contribution < -0.4 is 9.05 Å². The van der Waals surface area contributed by atoms with E-state index in [0.29, 0.717) is 17.1 Å². The average molecular weight is 541 g/mol. The van der Waals surface area contributed by atoms with E-state index in [9.17, 15) is 14.5 Å². The van der Waals surface area contributed by atoms with Crippen LogP contribution in [0.1, 0.15) is 31.1 Å². The zero-order valence-corrected chi connectivity index (χ0v) is 22.5. The summed E-state index contributed by atoms with van der Waals surface area (Å²) < 4.78 is 42.3. The Kier molecular flexibility index (Phi) is 9.23. The summed E-state index contributed by atoms with van der Waals surface area (Å²) >= 11 is 0. The van der Waals surface area contributed by atoms with Gasteiger partial charge in [-0.3, -0.25) is 4.52 Å². The lowest BCUT2D eigenvalue weighted by Gasteiger charge is -2.44. The van der Waals surface area contributed by atoms with Gasteiger partial charge in [-0.05, 0) is 42.3 Å². The van der Waals surface area contributed by atoms with Crippen LogP contribution in [0.25, 0.3) is 0 Å². The topological polar surface area (TPSA) is 101 Å². The van der Waals surface area contributed by atoms with E-state index in [1.165, 1.54) is 0 Å². The number of esters is 1. The number of rotatable bonds is 10. The number of para-hydroxylation sites is 2. The lowest BCUT2D eigenvalue weighted by Crippen LogP contribution is -2.53. The summed E-state index contributed by atoms with van der Waals surface area (Å²) in [6, 6.07) is 25.9. The number of carbonyl (C=O) groups excluding carboxylic acids is 1. The van der Waals surface area contributed by atoms with Gasteiger partial charge in [0.1, 0.15) is 11.5 Å². The van der Waals surface area contributed by atoms with Gasteiger partial charge in [-0.15, -0.1) is 0 Å². The van der Waals surface area contributed by atoms with E-state index < -0.39 is 32.3 Å². The Balaban J connectivity index is 1.41. The van der Waals surface area contributed by atoms with Gasteiger partial charge < -0.3 is 23.6 Å². The summed E-state index contributed by atoms with van der Waals surface area (Å²) in [7, 11) is -4.07. The molecule has 0 aromatic heterocycles. The maximum Gasteiger partial charge on any atom is 0.587 e. The molecular weight excluding hydrogens is 507 g/mol. The van der Waals surface area contributed by atoms with Crippen molar-refractivity contribution >= 4 is 13.8 Å². The zero-order valence-electron chi connectivity index (χ0n) is 21.6. The monoisotopic (exact) mass is 540 g/mol.